The number of hydrogen-bond acceptors (Lipinski definition) is 4. The lowest BCUT2D eigenvalue weighted by Gasteiger charge is -2.36. The number of nitrogens with zero attached hydrogens (tertiary/aromatic N) is 1. The SMILES string of the molecule is Cc1ccccc1CN1CCNC(=O)[C@H]1CC(=O)NC1(CO)CCCC1. The van der Waals surface area contributed by atoms with E-state index in [1.807, 2.05) is 12.1 Å². The Bertz CT molecular complexity index is 655. The minimum Gasteiger partial charge on any atom is -0.394 e. The van der Waals surface area contributed by atoms with Gasteiger partial charge in [-0.1, -0.05) is 37.1 Å². The molecule has 1 aromatic rings. The predicted octanol–water partition coefficient (Wildman–Crippen LogP) is 1.11. The van der Waals surface area contributed by atoms with Crippen molar-refractivity contribution in [2.45, 2.75) is 57.2 Å². The Morgan fingerprint density at radius 3 is 2.77 bits per heavy atom. The highest BCUT2D eigenvalue weighted by atomic mass is 16.3. The van der Waals surface area contributed by atoms with Crippen molar-refractivity contribution in [3.05, 3.63) is 35.4 Å². The van der Waals surface area contributed by atoms with Crippen LogP contribution in [0, 0.1) is 6.92 Å². The first-order valence-corrected chi connectivity index (χ1v) is 9.51. The standard InChI is InChI=1S/C20H29N3O3/c1-15-6-2-3-7-16(15)13-23-11-10-21-19(26)17(23)12-18(25)22-20(14-24)8-4-5-9-20/h2-3,6-7,17,24H,4-5,8-14H2,1H3,(H,21,26)(H,22,25)/t17-/m1/s1. The third-order valence-corrected chi connectivity index (χ3v) is 5.72. The first-order valence-electron chi connectivity index (χ1n) is 9.51. The van der Waals surface area contributed by atoms with Gasteiger partial charge in [0.1, 0.15) is 0 Å². The number of hydrogen-bond donors (Lipinski definition) is 3. The number of carbonyl (C=O) groups excluding carboxylic acids is 2. The largest absolute Gasteiger partial charge is 0.394 e. The Morgan fingerprint density at radius 1 is 1.35 bits per heavy atom. The maximum Gasteiger partial charge on any atom is 0.237 e. The van der Waals surface area contributed by atoms with Crippen LogP contribution in [-0.2, 0) is 16.1 Å². The lowest BCUT2D eigenvalue weighted by Crippen LogP contribution is -2.57. The first kappa shape index (κ1) is 18.9. The Hall–Kier alpha value is -1.92. The van der Waals surface area contributed by atoms with Crippen LogP contribution in [0.5, 0.6) is 0 Å². The summed E-state index contributed by atoms with van der Waals surface area (Å²) in [5, 5.41) is 15.6. The number of piperazine rings is 1. The molecule has 26 heavy (non-hydrogen) atoms. The zero-order chi connectivity index (χ0) is 18.6. The second kappa shape index (κ2) is 8.18. The van der Waals surface area contributed by atoms with Crippen molar-refractivity contribution in [2.75, 3.05) is 19.7 Å². The van der Waals surface area contributed by atoms with Gasteiger partial charge in [0.05, 0.1) is 24.6 Å². The minimum absolute atomic E-state index is 0.0392. The third kappa shape index (κ3) is 4.24. The molecule has 2 amide bonds. The van der Waals surface area contributed by atoms with E-state index in [1.54, 1.807) is 0 Å². The molecule has 1 atom stereocenters. The molecular formula is C20H29N3O3. The molecule has 3 N–H and O–H groups in total. The molecule has 1 aromatic carbocycles. The van der Waals surface area contributed by atoms with Crippen LogP contribution >= 0.6 is 0 Å². The molecule has 2 aliphatic rings. The van der Waals surface area contributed by atoms with Gasteiger partial charge in [-0.25, -0.2) is 0 Å². The van der Waals surface area contributed by atoms with Gasteiger partial charge < -0.3 is 15.7 Å². The van der Waals surface area contributed by atoms with Gasteiger partial charge in [-0.05, 0) is 30.9 Å². The molecule has 0 radical (unpaired) electrons. The molecular weight excluding hydrogens is 330 g/mol. The monoisotopic (exact) mass is 359 g/mol. The summed E-state index contributed by atoms with van der Waals surface area (Å²) in [6.07, 6.45) is 3.77. The zero-order valence-corrected chi connectivity index (χ0v) is 15.5. The third-order valence-electron chi connectivity index (χ3n) is 5.72. The average Bonchev–Trinajstić information content (AvgIpc) is 3.09. The highest BCUT2D eigenvalue weighted by molar-refractivity contribution is 5.89. The maximum atomic E-state index is 12.6. The number of aliphatic hydroxyl groups excluding tert-OH is 1. The molecule has 1 aliphatic carbocycles. The number of nitrogens with one attached hydrogen (secondary N) is 2. The van der Waals surface area contributed by atoms with Gasteiger partial charge in [0.15, 0.2) is 0 Å². The summed E-state index contributed by atoms with van der Waals surface area (Å²) in [5.74, 6) is -0.248. The van der Waals surface area contributed by atoms with E-state index in [0.29, 0.717) is 13.1 Å². The van der Waals surface area contributed by atoms with Crippen LogP contribution in [0.4, 0.5) is 0 Å². The molecule has 3 rings (SSSR count). The van der Waals surface area contributed by atoms with E-state index in [1.165, 1.54) is 11.1 Å². The highest BCUT2D eigenvalue weighted by Crippen LogP contribution is 2.29. The van der Waals surface area contributed by atoms with Crippen molar-refractivity contribution in [3.63, 3.8) is 0 Å². The van der Waals surface area contributed by atoms with E-state index in [-0.39, 0.29) is 24.8 Å². The van der Waals surface area contributed by atoms with Gasteiger partial charge in [-0.15, -0.1) is 0 Å². The molecule has 0 spiro atoms. The van der Waals surface area contributed by atoms with Crippen molar-refractivity contribution < 1.29 is 14.7 Å². The first-order chi connectivity index (χ1) is 12.5. The van der Waals surface area contributed by atoms with Crippen molar-refractivity contribution in [3.8, 4) is 0 Å². The van der Waals surface area contributed by atoms with E-state index in [2.05, 4.69) is 34.6 Å². The second-order valence-electron chi connectivity index (χ2n) is 7.60. The van der Waals surface area contributed by atoms with Crippen molar-refractivity contribution in [1.29, 1.82) is 0 Å². The number of rotatable bonds is 6. The molecule has 6 heteroatoms. The number of aliphatic hydroxyl groups is 1. The highest BCUT2D eigenvalue weighted by Gasteiger charge is 2.37. The zero-order valence-electron chi connectivity index (χ0n) is 15.5. The lowest BCUT2D eigenvalue weighted by atomic mass is 9.97. The molecule has 142 valence electrons. The summed E-state index contributed by atoms with van der Waals surface area (Å²) in [5.41, 5.74) is 1.87. The van der Waals surface area contributed by atoms with Crippen LogP contribution in [0.2, 0.25) is 0 Å². The minimum atomic E-state index is -0.497. The van der Waals surface area contributed by atoms with Crippen molar-refractivity contribution in [1.82, 2.24) is 15.5 Å². The molecule has 1 saturated carbocycles. The predicted molar refractivity (Wildman–Crippen MR) is 99.4 cm³/mol. The summed E-state index contributed by atoms with van der Waals surface area (Å²) < 4.78 is 0. The van der Waals surface area contributed by atoms with E-state index < -0.39 is 11.6 Å². The van der Waals surface area contributed by atoms with Gasteiger partial charge >= 0.3 is 0 Å². The molecule has 0 bridgehead atoms. The van der Waals surface area contributed by atoms with Crippen LogP contribution in [0.25, 0.3) is 0 Å². The topological polar surface area (TPSA) is 81.7 Å². The normalized spacial score (nSPS) is 22.8. The fraction of sp³-hybridized carbons (Fsp3) is 0.600. The van der Waals surface area contributed by atoms with Gasteiger partial charge in [-0.3, -0.25) is 14.5 Å². The maximum absolute atomic E-state index is 12.6. The summed E-state index contributed by atoms with van der Waals surface area (Å²) in [7, 11) is 0. The Labute approximate surface area is 155 Å². The molecule has 0 unspecified atom stereocenters. The van der Waals surface area contributed by atoms with Gasteiger partial charge in [-0.2, -0.15) is 0 Å². The van der Waals surface area contributed by atoms with Crippen molar-refractivity contribution >= 4 is 11.8 Å². The molecule has 6 nitrogen and oxygen atoms in total. The Balaban J connectivity index is 1.67. The molecule has 1 heterocycles. The van der Waals surface area contributed by atoms with Crippen LogP contribution in [0.1, 0.15) is 43.2 Å². The van der Waals surface area contributed by atoms with Crippen LogP contribution in [0.15, 0.2) is 24.3 Å². The summed E-state index contributed by atoms with van der Waals surface area (Å²) in [4.78, 5) is 27.1. The van der Waals surface area contributed by atoms with E-state index >= 15 is 0 Å². The number of carbonyl (C=O) groups is 2. The van der Waals surface area contributed by atoms with Gasteiger partial charge in [0, 0.05) is 19.6 Å². The van der Waals surface area contributed by atoms with Crippen LogP contribution < -0.4 is 10.6 Å². The molecule has 1 aliphatic heterocycles. The number of amides is 2. The summed E-state index contributed by atoms with van der Waals surface area (Å²) >= 11 is 0. The van der Waals surface area contributed by atoms with E-state index in [0.717, 1.165) is 32.2 Å². The smallest absolute Gasteiger partial charge is 0.237 e. The fourth-order valence-electron chi connectivity index (χ4n) is 4.08. The number of aryl methyl sites for hydroxylation is 1. The van der Waals surface area contributed by atoms with Gasteiger partial charge in [0.2, 0.25) is 11.8 Å². The Morgan fingerprint density at radius 2 is 2.08 bits per heavy atom. The molecule has 1 saturated heterocycles. The molecule has 0 aromatic heterocycles. The average molecular weight is 359 g/mol. The Kier molecular flexibility index (Phi) is 5.94. The van der Waals surface area contributed by atoms with Crippen LogP contribution in [-0.4, -0.2) is 53.1 Å². The quantitative estimate of drug-likeness (QED) is 0.711. The van der Waals surface area contributed by atoms with E-state index in [9.17, 15) is 14.7 Å². The van der Waals surface area contributed by atoms with Gasteiger partial charge in [0.25, 0.3) is 0 Å². The lowest BCUT2D eigenvalue weighted by molar-refractivity contribution is -0.135. The summed E-state index contributed by atoms with van der Waals surface area (Å²) in [6, 6.07) is 7.66. The summed E-state index contributed by atoms with van der Waals surface area (Å²) in [6.45, 7) is 4.00. The van der Waals surface area contributed by atoms with E-state index in [4.69, 9.17) is 0 Å². The number of benzene rings is 1. The molecule has 2 fully saturated rings. The van der Waals surface area contributed by atoms with Crippen molar-refractivity contribution in [2.24, 2.45) is 0 Å². The second-order valence-corrected chi connectivity index (χ2v) is 7.60. The fourth-order valence-corrected chi connectivity index (χ4v) is 4.08. The van der Waals surface area contributed by atoms with Crippen LogP contribution in [0.3, 0.4) is 0 Å².